The van der Waals surface area contributed by atoms with Crippen molar-refractivity contribution in [2.24, 2.45) is 51.5 Å². The third-order valence-corrected chi connectivity index (χ3v) is 11.3. The van der Waals surface area contributed by atoms with Crippen LogP contribution in [0.3, 0.4) is 0 Å². The second kappa shape index (κ2) is 9.41. The molecule has 9 atom stereocenters. The summed E-state index contributed by atoms with van der Waals surface area (Å²) in [4.78, 5) is 11.6. The molecule has 2 N–H and O–H groups in total. The number of hydrogen-bond donors (Lipinski definition) is 2. The van der Waals surface area contributed by atoms with Gasteiger partial charge in [0.25, 0.3) is 0 Å². The van der Waals surface area contributed by atoms with Crippen LogP contribution >= 0.6 is 0 Å². The molecule has 0 bridgehead atoms. The molecule has 34 heavy (non-hydrogen) atoms. The largest absolute Gasteiger partial charge is 0.462 e. The lowest BCUT2D eigenvalue weighted by molar-refractivity contribution is -0.183. The second-order valence-corrected chi connectivity index (χ2v) is 13.4. The monoisotopic (exact) mass is 475 g/mol. The molecule has 4 aliphatic carbocycles. The van der Waals surface area contributed by atoms with Gasteiger partial charge in [-0.05, 0) is 85.9 Å². The fraction of sp³-hybridized carbons (Fsp3) is 0.931. The van der Waals surface area contributed by atoms with Gasteiger partial charge < -0.3 is 15.1 Å². The first-order chi connectivity index (χ1) is 16.0. The summed E-state index contributed by atoms with van der Waals surface area (Å²) < 4.78 is 5.52. The Kier molecular flexibility index (Phi) is 7.19. The van der Waals surface area contributed by atoms with E-state index in [4.69, 9.17) is 4.74 Å². The Bertz CT molecular complexity index is 795. The lowest BCUT2D eigenvalue weighted by atomic mass is 9.42. The average molecular weight is 476 g/mol. The van der Waals surface area contributed by atoms with E-state index in [9.17, 15) is 15.1 Å². The number of aliphatic hydroxyl groups is 1. The summed E-state index contributed by atoms with van der Waals surface area (Å²) in [5.41, 5.74) is -0.654. The summed E-state index contributed by atoms with van der Waals surface area (Å²) >= 11 is 0. The van der Waals surface area contributed by atoms with E-state index in [1.54, 1.807) is 0 Å². The van der Waals surface area contributed by atoms with Gasteiger partial charge in [-0.1, -0.05) is 59.0 Å². The minimum Gasteiger partial charge on any atom is -0.462 e. The maximum Gasteiger partial charge on any atom is 0.302 e. The minimum atomic E-state index is -1.20. The molecule has 0 aromatic heterocycles. The van der Waals surface area contributed by atoms with Gasteiger partial charge in [0.2, 0.25) is 0 Å². The summed E-state index contributed by atoms with van der Waals surface area (Å²) in [5, 5.41) is 25.8. The molecule has 0 heterocycles. The van der Waals surface area contributed by atoms with Gasteiger partial charge in [0, 0.05) is 18.8 Å². The molecule has 0 amide bonds. The SMILES string of the molecule is CC(=O)O[C@H]1CC[C@]2(C)[C@H]3CC[C@]4(C)[C@@H]([C@H](C)CCCC(C)C)CC[C@H]4[C@@H]3C/C(=N/O)[C@]2(O)C1. The predicted molar refractivity (Wildman–Crippen MR) is 135 cm³/mol. The number of hydrogen-bond acceptors (Lipinski definition) is 5. The molecule has 4 fully saturated rings. The van der Waals surface area contributed by atoms with E-state index < -0.39 is 5.60 Å². The van der Waals surface area contributed by atoms with Crippen LogP contribution in [0.4, 0.5) is 0 Å². The number of ether oxygens (including phenoxy) is 1. The van der Waals surface area contributed by atoms with Crippen molar-refractivity contribution >= 4 is 11.7 Å². The summed E-state index contributed by atoms with van der Waals surface area (Å²) in [7, 11) is 0. The normalized spacial score (nSPS) is 46.0. The Balaban J connectivity index is 1.56. The van der Waals surface area contributed by atoms with Crippen LogP contribution in [-0.2, 0) is 9.53 Å². The Morgan fingerprint density at radius 2 is 1.82 bits per heavy atom. The van der Waals surface area contributed by atoms with E-state index in [0.717, 1.165) is 37.0 Å². The molecule has 5 heteroatoms. The molecule has 0 saturated heterocycles. The first-order valence-electron chi connectivity index (χ1n) is 14.1. The first kappa shape index (κ1) is 26.0. The number of esters is 1. The lowest BCUT2D eigenvalue weighted by Gasteiger charge is -2.64. The molecule has 4 aliphatic rings. The number of oxime groups is 1. The van der Waals surface area contributed by atoms with Crippen LogP contribution in [0.1, 0.15) is 112 Å². The van der Waals surface area contributed by atoms with Gasteiger partial charge >= 0.3 is 5.97 Å². The molecule has 4 rings (SSSR count). The molecule has 4 saturated carbocycles. The zero-order chi connectivity index (χ0) is 24.9. The maximum absolute atomic E-state index is 12.0. The van der Waals surface area contributed by atoms with E-state index >= 15 is 0 Å². The smallest absolute Gasteiger partial charge is 0.302 e. The third kappa shape index (κ3) is 4.12. The topological polar surface area (TPSA) is 79.1 Å². The molecular weight excluding hydrogens is 426 g/mol. The third-order valence-electron chi connectivity index (χ3n) is 11.3. The van der Waals surface area contributed by atoms with Crippen molar-refractivity contribution in [1.29, 1.82) is 0 Å². The quantitative estimate of drug-likeness (QED) is 0.258. The Morgan fingerprint density at radius 1 is 1.09 bits per heavy atom. The predicted octanol–water partition coefficient (Wildman–Crippen LogP) is 6.59. The Labute approximate surface area is 207 Å². The number of fused-ring (bicyclic) bond motifs is 5. The van der Waals surface area contributed by atoms with Crippen molar-refractivity contribution in [3.05, 3.63) is 0 Å². The molecule has 194 valence electrons. The van der Waals surface area contributed by atoms with Gasteiger partial charge in [-0.2, -0.15) is 0 Å². The first-order valence-corrected chi connectivity index (χ1v) is 14.1. The van der Waals surface area contributed by atoms with E-state index in [1.165, 1.54) is 45.4 Å². The molecule has 5 nitrogen and oxygen atoms in total. The number of carbonyl (C=O) groups is 1. The van der Waals surface area contributed by atoms with Crippen molar-refractivity contribution in [2.75, 3.05) is 0 Å². The molecule has 0 aromatic rings. The van der Waals surface area contributed by atoms with Crippen LogP contribution in [0.15, 0.2) is 5.16 Å². The van der Waals surface area contributed by atoms with Crippen LogP contribution in [-0.4, -0.2) is 33.7 Å². The van der Waals surface area contributed by atoms with Crippen LogP contribution in [0, 0.1) is 46.3 Å². The minimum absolute atomic E-state index is 0.304. The van der Waals surface area contributed by atoms with Crippen molar-refractivity contribution in [3.63, 3.8) is 0 Å². The number of nitrogens with zero attached hydrogens (tertiary/aromatic N) is 1. The highest BCUT2D eigenvalue weighted by atomic mass is 16.5. The van der Waals surface area contributed by atoms with E-state index in [0.29, 0.717) is 41.7 Å². The highest BCUT2D eigenvalue weighted by Gasteiger charge is 2.67. The standard InChI is InChI=1S/C29H49NO4/c1-18(2)8-7-9-19(3)23-10-11-24-22-16-26(30-33)29(32)17-21(34-20(4)31)12-15-28(29,6)25(22)13-14-27(23,24)5/h18-19,21-25,32-33H,7-17H2,1-6H3/b30-26-/t19-,21+,22+,23-,24+,25+,27-,28-,29-/m1/s1. The highest BCUT2D eigenvalue weighted by Crippen LogP contribution is 2.68. The second-order valence-electron chi connectivity index (χ2n) is 13.4. The van der Waals surface area contributed by atoms with E-state index in [-0.39, 0.29) is 17.5 Å². The molecule has 0 unspecified atom stereocenters. The zero-order valence-electron chi connectivity index (χ0n) is 22.5. The van der Waals surface area contributed by atoms with Gasteiger partial charge in [0.1, 0.15) is 11.7 Å². The Morgan fingerprint density at radius 3 is 2.47 bits per heavy atom. The summed E-state index contributed by atoms with van der Waals surface area (Å²) in [6, 6.07) is 0. The molecule has 0 radical (unpaired) electrons. The number of rotatable bonds is 6. The van der Waals surface area contributed by atoms with Crippen molar-refractivity contribution in [2.45, 2.75) is 124 Å². The zero-order valence-corrected chi connectivity index (χ0v) is 22.5. The Hall–Kier alpha value is -1.10. The highest BCUT2D eigenvalue weighted by molar-refractivity contribution is 5.94. The van der Waals surface area contributed by atoms with Gasteiger partial charge in [-0.25, -0.2) is 0 Å². The molecule has 0 aromatic carbocycles. The van der Waals surface area contributed by atoms with E-state index in [2.05, 4.69) is 39.8 Å². The fourth-order valence-electron chi connectivity index (χ4n) is 9.51. The van der Waals surface area contributed by atoms with Crippen molar-refractivity contribution in [3.8, 4) is 0 Å². The van der Waals surface area contributed by atoms with Crippen molar-refractivity contribution in [1.82, 2.24) is 0 Å². The molecule has 0 spiro atoms. The fourth-order valence-corrected chi connectivity index (χ4v) is 9.51. The van der Waals surface area contributed by atoms with Crippen LogP contribution in [0.5, 0.6) is 0 Å². The van der Waals surface area contributed by atoms with Crippen LogP contribution < -0.4 is 0 Å². The average Bonchev–Trinajstić information content (AvgIpc) is 3.11. The lowest BCUT2D eigenvalue weighted by Crippen LogP contribution is -2.67. The van der Waals surface area contributed by atoms with Gasteiger partial charge in [0.15, 0.2) is 0 Å². The summed E-state index contributed by atoms with van der Waals surface area (Å²) in [6.45, 7) is 13.3. The van der Waals surface area contributed by atoms with E-state index in [1.807, 2.05) is 0 Å². The summed E-state index contributed by atoms with van der Waals surface area (Å²) in [6.07, 6.45) is 11.2. The number of carbonyl (C=O) groups excluding carboxylic acids is 1. The van der Waals surface area contributed by atoms with Crippen molar-refractivity contribution < 1.29 is 19.8 Å². The maximum atomic E-state index is 12.0. The van der Waals surface area contributed by atoms with Crippen LogP contribution in [0.2, 0.25) is 0 Å². The van der Waals surface area contributed by atoms with Gasteiger partial charge in [0.05, 0.1) is 5.71 Å². The van der Waals surface area contributed by atoms with Gasteiger partial charge in [-0.3, -0.25) is 4.79 Å². The molecular formula is C29H49NO4. The van der Waals surface area contributed by atoms with Crippen LogP contribution in [0.25, 0.3) is 0 Å². The van der Waals surface area contributed by atoms with Gasteiger partial charge in [-0.15, -0.1) is 0 Å². The molecule has 0 aliphatic heterocycles. The summed E-state index contributed by atoms with van der Waals surface area (Å²) in [5.74, 6) is 3.53.